The van der Waals surface area contributed by atoms with Crippen molar-refractivity contribution < 1.29 is 4.79 Å². The summed E-state index contributed by atoms with van der Waals surface area (Å²) in [6.07, 6.45) is 3.44. The molecule has 2 aromatic carbocycles. The van der Waals surface area contributed by atoms with Crippen molar-refractivity contribution in [3.63, 3.8) is 0 Å². The van der Waals surface area contributed by atoms with Crippen LogP contribution in [0.4, 0.5) is 0 Å². The summed E-state index contributed by atoms with van der Waals surface area (Å²) in [5, 5.41) is 1.98. The van der Waals surface area contributed by atoms with E-state index in [0.29, 0.717) is 12.2 Å². The maximum Gasteiger partial charge on any atom is 0.273 e. The zero-order valence-corrected chi connectivity index (χ0v) is 17.7. The number of fused-ring (bicyclic) bond motifs is 2. The number of carbonyl (C=O) groups excluding carboxylic acids is 1. The van der Waals surface area contributed by atoms with Gasteiger partial charge in [0.2, 0.25) is 0 Å². The van der Waals surface area contributed by atoms with E-state index in [-0.39, 0.29) is 11.9 Å². The van der Waals surface area contributed by atoms with Gasteiger partial charge in [0.25, 0.3) is 5.91 Å². The molecular weight excluding hydrogens is 396 g/mol. The number of amides is 1. The van der Waals surface area contributed by atoms with Crippen molar-refractivity contribution in [3.8, 4) is 0 Å². The lowest BCUT2D eigenvalue weighted by Crippen LogP contribution is -2.34. The van der Waals surface area contributed by atoms with Crippen LogP contribution in [0.5, 0.6) is 0 Å². The summed E-state index contributed by atoms with van der Waals surface area (Å²) < 4.78 is 0. The number of benzene rings is 2. The molecule has 5 aromatic rings. The molecule has 0 aliphatic heterocycles. The Morgan fingerprint density at radius 3 is 2.44 bits per heavy atom. The Labute approximate surface area is 186 Å². The second-order valence-electron chi connectivity index (χ2n) is 7.78. The molecule has 0 radical (unpaired) electrons. The minimum Gasteiger partial charge on any atom is -0.325 e. The lowest BCUT2D eigenvalue weighted by Gasteiger charge is -2.29. The summed E-state index contributed by atoms with van der Waals surface area (Å²) in [5.41, 5.74) is 3.98. The maximum absolute atomic E-state index is 13.7. The second-order valence-corrected chi connectivity index (χ2v) is 7.78. The number of pyridine rings is 3. The molecule has 1 amide bonds. The molecule has 1 atom stereocenters. The van der Waals surface area contributed by atoms with Crippen LogP contribution in [0.2, 0.25) is 0 Å². The Bertz CT molecular complexity index is 1400. The summed E-state index contributed by atoms with van der Waals surface area (Å²) in [4.78, 5) is 29.1. The molecule has 32 heavy (non-hydrogen) atoms. The van der Waals surface area contributed by atoms with Crippen LogP contribution in [0.25, 0.3) is 21.8 Å². The molecule has 3 aromatic heterocycles. The van der Waals surface area contributed by atoms with E-state index < -0.39 is 0 Å². The Kier molecular flexibility index (Phi) is 5.30. The fourth-order valence-electron chi connectivity index (χ4n) is 3.90. The van der Waals surface area contributed by atoms with Crippen LogP contribution in [0, 0.1) is 0 Å². The van der Waals surface area contributed by atoms with Crippen LogP contribution >= 0.6 is 0 Å². The Hall–Kier alpha value is -4.12. The average Bonchev–Trinajstić information content (AvgIpc) is 2.86. The number of carbonyl (C=O) groups is 1. The minimum absolute atomic E-state index is 0.130. The van der Waals surface area contributed by atoms with Crippen molar-refractivity contribution in [3.05, 3.63) is 114 Å². The van der Waals surface area contributed by atoms with Gasteiger partial charge in [-0.2, -0.15) is 0 Å². The largest absolute Gasteiger partial charge is 0.325 e. The van der Waals surface area contributed by atoms with Gasteiger partial charge in [-0.05, 0) is 42.8 Å². The first kappa shape index (κ1) is 19.8. The maximum atomic E-state index is 13.7. The highest BCUT2D eigenvalue weighted by Crippen LogP contribution is 2.25. The summed E-state index contributed by atoms with van der Waals surface area (Å²) >= 11 is 0. The number of hydrogen-bond donors (Lipinski definition) is 0. The van der Waals surface area contributed by atoms with E-state index >= 15 is 0 Å². The predicted molar refractivity (Wildman–Crippen MR) is 126 cm³/mol. The third-order valence-electron chi connectivity index (χ3n) is 5.71. The van der Waals surface area contributed by atoms with E-state index in [0.717, 1.165) is 33.1 Å². The molecule has 0 N–H and O–H groups in total. The third-order valence-corrected chi connectivity index (χ3v) is 5.71. The van der Waals surface area contributed by atoms with Gasteiger partial charge < -0.3 is 4.90 Å². The van der Waals surface area contributed by atoms with Gasteiger partial charge in [-0.25, -0.2) is 4.98 Å². The first-order valence-electron chi connectivity index (χ1n) is 10.6. The standard InChI is InChI=1S/C27H22N4O/c1-19(20-7-3-2-4-8-20)31(18-23-13-11-21-9-5-6-10-24(21)29-23)27(32)26-14-12-22-17-28-16-15-25(22)30-26/h2-17,19H,18H2,1H3. The van der Waals surface area contributed by atoms with Gasteiger partial charge in [-0.15, -0.1) is 0 Å². The fourth-order valence-corrected chi connectivity index (χ4v) is 3.90. The van der Waals surface area contributed by atoms with E-state index in [2.05, 4.69) is 16.0 Å². The highest BCUT2D eigenvalue weighted by Gasteiger charge is 2.25. The molecule has 0 aliphatic rings. The molecule has 0 bridgehead atoms. The Balaban J connectivity index is 1.53. The van der Waals surface area contributed by atoms with Crippen molar-refractivity contribution >= 4 is 27.7 Å². The number of nitrogens with zero attached hydrogens (tertiary/aromatic N) is 4. The van der Waals surface area contributed by atoms with Gasteiger partial charge in [0.05, 0.1) is 29.3 Å². The highest BCUT2D eigenvalue weighted by molar-refractivity contribution is 5.95. The number of rotatable bonds is 5. The minimum atomic E-state index is -0.146. The predicted octanol–water partition coefficient (Wildman–Crippen LogP) is 5.58. The molecule has 0 fully saturated rings. The van der Waals surface area contributed by atoms with Crippen molar-refractivity contribution in [1.82, 2.24) is 19.9 Å². The van der Waals surface area contributed by atoms with Crippen LogP contribution in [0.3, 0.4) is 0 Å². The molecule has 1 unspecified atom stereocenters. The molecule has 0 spiro atoms. The van der Waals surface area contributed by atoms with Gasteiger partial charge in [0, 0.05) is 23.2 Å². The summed E-state index contributed by atoms with van der Waals surface area (Å²) in [7, 11) is 0. The molecule has 5 heteroatoms. The Morgan fingerprint density at radius 2 is 1.56 bits per heavy atom. The second kappa shape index (κ2) is 8.55. The zero-order chi connectivity index (χ0) is 21.9. The van der Waals surface area contributed by atoms with E-state index in [1.54, 1.807) is 18.5 Å². The molecular formula is C27H22N4O. The zero-order valence-electron chi connectivity index (χ0n) is 17.7. The number of hydrogen-bond acceptors (Lipinski definition) is 4. The lowest BCUT2D eigenvalue weighted by molar-refractivity contribution is 0.0666. The summed E-state index contributed by atoms with van der Waals surface area (Å²) in [5.74, 6) is -0.130. The SMILES string of the molecule is CC(c1ccccc1)N(Cc1ccc2ccccc2n1)C(=O)c1ccc2cnccc2n1. The van der Waals surface area contributed by atoms with Crippen molar-refractivity contribution in [2.75, 3.05) is 0 Å². The van der Waals surface area contributed by atoms with Crippen LogP contribution < -0.4 is 0 Å². The topological polar surface area (TPSA) is 59.0 Å². The molecule has 5 nitrogen and oxygen atoms in total. The van der Waals surface area contributed by atoms with Gasteiger partial charge in [-0.3, -0.25) is 14.8 Å². The van der Waals surface area contributed by atoms with Gasteiger partial charge in [0.15, 0.2) is 0 Å². The van der Waals surface area contributed by atoms with Gasteiger partial charge in [-0.1, -0.05) is 54.6 Å². The quantitative estimate of drug-likeness (QED) is 0.374. The van der Waals surface area contributed by atoms with E-state index in [4.69, 9.17) is 4.98 Å². The average molecular weight is 419 g/mol. The van der Waals surface area contributed by atoms with Gasteiger partial charge in [0.1, 0.15) is 5.69 Å². The van der Waals surface area contributed by atoms with Crippen LogP contribution in [-0.4, -0.2) is 25.8 Å². The normalized spacial score (nSPS) is 12.0. The van der Waals surface area contributed by atoms with Crippen molar-refractivity contribution in [2.45, 2.75) is 19.5 Å². The molecule has 0 saturated carbocycles. The van der Waals surface area contributed by atoms with Crippen LogP contribution in [-0.2, 0) is 6.54 Å². The van der Waals surface area contributed by atoms with E-state index in [1.807, 2.05) is 84.6 Å². The first-order chi connectivity index (χ1) is 15.7. The smallest absolute Gasteiger partial charge is 0.273 e. The van der Waals surface area contributed by atoms with Gasteiger partial charge >= 0.3 is 0 Å². The summed E-state index contributed by atoms with van der Waals surface area (Å²) in [6.45, 7) is 2.43. The van der Waals surface area contributed by atoms with E-state index in [9.17, 15) is 4.79 Å². The fraction of sp³-hybridized carbons (Fsp3) is 0.111. The Morgan fingerprint density at radius 1 is 0.812 bits per heavy atom. The molecule has 0 saturated heterocycles. The monoisotopic (exact) mass is 418 g/mol. The van der Waals surface area contributed by atoms with E-state index in [1.165, 1.54) is 0 Å². The van der Waals surface area contributed by atoms with Crippen LogP contribution in [0.1, 0.15) is 34.7 Å². The van der Waals surface area contributed by atoms with Crippen molar-refractivity contribution in [1.29, 1.82) is 0 Å². The molecule has 3 heterocycles. The number of para-hydroxylation sites is 1. The summed E-state index contributed by atoms with van der Waals surface area (Å²) in [6, 6.07) is 27.4. The molecule has 5 rings (SSSR count). The molecule has 156 valence electrons. The molecule has 0 aliphatic carbocycles. The number of aromatic nitrogens is 3. The third kappa shape index (κ3) is 3.93. The van der Waals surface area contributed by atoms with Crippen LogP contribution in [0.15, 0.2) is 97.3 Å². The lowest BCUT2D eigenvalue weighted by atomic mass is 10.1. The van der Waals surface area contributed by atoms with Crippen molar-refractivity contribution in [2.24, 2.45) is 0 Å². The first-order valence-corrected chi connectivity index (χ1v) is 10.6. The highest BCUT2D eigenvalue weighted by atomic mass is 16.2.